The number of carboxylic acids is 1. The average Bonchev–Trinajstić information content (AvgIpc) is 3.18. The fourth-order valence-electron chi connectivity index (χ4n) is 3.56. The van der Waals surface area contributed by atoms with E-state index >= 15 is 0 Å². The molecule has 0 bridgehead atoms. The van der Waals surface area contributed by atoms with Gasteiger partial charge in [-0.1, -0.05) is 17.4 Å². The summed E-state index contributed by atoms with van der Waals surface area (Å²) in [5, 5.41) is 13.2. The predicted molar refractivity (Wildman–Crippen MR) is 115 cm³/mol. The third kappa shape index (κ3) is 4.89. The second kappa shape index (κ2) is 8.57. The number of pyridine rings is 2. The Balaban J connectivity index is 1.48. The number of hydrogen-bond acceptors (Lipinski definition) is 7. The third-order valence-corrected chi connectivity index (χ3v) is 6.00. The number of nitrogens with one attached hydrogen (secondary N) is 1. The lowest BCUT2D eigenvalue weighted by Gasteiger charge is -2.31. The maximum absolute atomic E-state index is 11.0. The Morgan fingerprint density at radius 3 is 3.03 bits per heavy atom. The number of hydrogen-bond donors (Lipinski definition) is 2. The second-order valence-electron chi connectivity index (χ2n) is 7.31. The zero-order chi connectivity index (χ0) is 20.2. The molecule has 2 N–H and O–H groups in total. The van der Waals surface area contributed by atoms with Crippen LogP contribution in [-0.4, -0.2) is 39.1 Å². The molecule has 150 valence electrons. The fourth-order valence-corrected chi connectivity index (χ4v) is 4.48. The van der Waals surface area contributed by atoms with E-state index in [0.29, 0.717) is 0 Å². The summed E-state index contributed by atoms with van der Waals surface area (Å²) < 4.78 is 0. The Morgan fingerprint density at radius 1 is 1.31 bits per heavy atom. The first-order valence-corrected chi connectivity index (χ1v) is 10.5. The number of anilines is 3. The average molecular weight is 410 g/mol. The first-order valence-electron chi connectivity index (χ1n) is 9.66. The van der Waals surface area contributed by atoms with Gasteiger partial charge in [-0.2, -0.15) is 0 Å². The van der Waals surface area contributed by atoms with Crippen molar-refractivity contribution in [3.05, 3.63) is 48.3 Å². The molecule has 1 atom stereocenters. The van der Waals surface area contributed by atoms with Gasteiger partial charge in [0.15, 0.2) is 5.13 Å². The molecule has 7 nitrogen and oxygen atoms in total. The molecule has 0 radical (unpaired) electrons. The van der Waals surface area contributed by atoms with Crippen LogP contribution in [0.15, 0.2) is 42.7 Å². The molecule has 0 aromatic carbocycles. The van der Waals surface area contributed by atoms with Crippen molar-refractivity contribution in [2.45, 2.75) is 26.2 Å². The zero-order valence-corrected chi connectivity index (χ0v) is 17.0. The van der Waals surface area contributed by atoms with Crippen LogP contribution in [0.4, 0.5) is 16.8 Å². The first kappa shape index (κ1) is 19.3. The Labute approximate surface area is 173 Å². The maximum atomic E-state index is 11.0. The van der Waals surface area contributed by atoms with Crippen LogP contribution < -0.4 is 10.2 Å². The fraction of sp³-hybridized carbons (Fsp3) is 0.333. The van der Waals surface area contributed by atoms with E-state index in [2.05, 4.69) is 20.2 Å². The van der Waals surface area contributed by atoms with Gasteiger partial charge in [0, 0.05) is 31.9 Å². The van der Waals surface area contributed by atoms with Crippen molar-refractivity contribution < 1.29 is 9.90 Å². The predicted octanol–water partition coefficient (Wildman–Crippen LogP) is 4.34. The van der Waals surface area contributed by atoms with Crippen molar-refractivity contribution in [3.8, 4) is 10.6 Å². The number of thiazole rings is 1. The molecular weight excluding hydrogens is 386 g/mol. The summed E-state index contributed by atoms with van der Waals surface area (Å²) in [7, 11) is 0. The van der Waals surface area contributed by atoms with E-state index in [1.165, 1.54) is 0 Å². The summed E-state index contributed by atoms with van der Waals surface area (Å²) in [6.07, 6.45) is 5.79. The molecule has 1 saturated heterocycles. The van der Waals surface area contributed by atoms with Crippen molar-refractivity contribution in [1.29, 1.82) is 0 Å². The Morgan fingerprint density at radius 2 is 2.21 bits per heavy atom. The molecule has 1 aliphatic heterocycles. The number of carboxylic acid groups (broad SMARTS) is 1. The lowest BCUT2D eigenvalue weighted by atomic mass is 9.95. The van der Waals surface area contributed by atoms with E-state index in [-0.39, 0.29) is 12.3 Å². The van der Waals surface area contributed by atoms with E-state index < -0.39 is 5.97 Å². The molecule has 0 spiro atoms. The van der Waals surface area contributed by atoms with Crippen LogP contribution in [0.3, 0.4) is 0 Å². The van der Waals surface area contributed by atoms with Gasteiger partial charge in [0.05, 0.1) is 10.6 Å². The standard InChI is InChI=1S/C21H23N5O2S/c1-14-7-8-22-19(10-14)25-18-6-2-5-16(24-18)17-12-23-21(29-17)26-9-3-4-15(13-26)11-20(27)28/h2,5-8,10,12,15H,3-4,9,11,13H2,1H3,(H,27,28)(H,22,24,25). The highest BCUT2D eigenvalue weighted by molar-refractivity contribution is 7.18. The molecule has 4 rings (SSSR count). The number of aliphatic carboxylic acids is 1. The van der Waals surface area contributed by atoms with Gasteiger partial charge in [-0.25, -0.2) is 15.0 Å². The van der Waals surface area contributed by atoms with Gasteiger partial charge >= 0.3 is 5.97 Å². The molecule has 1 aliphatic rings. The molecule has 0 saturated carbocycles. The minimum absolute atomic E-state index is 0.182. The molecule has 3 aromatic rings. The van der Waals surface area contributed by atoms with Crippen molar-refractivity contribution in [3.63, 3.8) is 0 Å². The summed E-state index contributed by atoms with van der Waals surface area (Å²) in [6.45, 7) is 3.68. The highest BCUT2D eigenvalue weighted by atomic mass is 32.1. The lowest BCUT2D eigenvalue weighted by molar-refractivity contribution is -0.138. The van der Waals surface area contributed by atoms with E-state index in [1.54, 1.807) is 17.5 Å². The molecule has 1 fully saturated rings. The van der Waals surface area contributed by atoms with Crippen LogP contribution in [0.2, 0.25) is 0 Å². The molecule has 29 heavy (non-hydrogen) atoms. The SMILES string of the molecule is Cc1ccnc(Nc2cccc(-c3cnc(N4CCCC(CC(=O)O)C4)s3)n2)c1. The van der Waals surface area contributed by atoms with Crippen LogP contribution in [0.1, 0.15) is 24.8 Å². The highest BCUT2D eigenvalue weighted by Crippen LogP contribution is 2.33. The van der Waals surface area contributed by atoms with Gasteiger partial charge < -0.3 is 15.3 Å². The Kier molecular flexibility index (Phi) is 5.71. The number of carbonyl (C=O) groups is 1. The minimum atomic E-state index is -0.728. The monoisotopic (exact) mass is 409 g/mol. The number of rotatable bonds is 6. The van der Waals surface area contributed by atoms with Crippen molar-refractivity contribution >= 4 is 34.1 Å². The smallest absolute Gasteiger partial charge is 0.303 e. The van der Waals surface area contributed by atoms with Crippen LogP contribution >= 0.6 is 11.3 Å². The summed E-state index contributed by atoms with van der Waals surface area (Å²) in [4.78, 5) is 27.8. The van der Waals surface area contributed by atoms with Gasteiger partial charge in [-0.15, -0.1) is 0 Å². The van der Waals surface area contributed by atoms with E-state index in [9.17, 15) is 4.79 Å². The quantitative estimate of drug-likeness (QED) is 0.625. The van der Waals surface area contributed by atoms with Gasteiger partial charge in [-0.3, -0.25) is 4.79 Å². The van der Waals surface area contributed by atoms with Crippen LogP contribution in [0, 0.1) is 12.8 Å². The number of aryl methyl sites for hydroxylation is 1. The topological polar surface area (TPSA) is 91.2 Å². The normalized spacial score (nSPS) is 16.6. The van der Waals surface area contributed by atoms with Crippen molar-refractivity contribution in [2.24, 2.45) is 5.92 Å². The van der Waals surface area contributed by atoms with Crippen molar-refractivity contribution in [1.82, 2.24) is 15.0 Å². The number of nitrogens with zero attached hydrogens (tertiary/aromatic N) is 4. The minimum Gasteiger partial charge on any atom is -0.481 e. The molecule has 4 heterocycles. The van der Waals surface area contributed by atoms with Crippen LogP contribution in [0.25, 0.3) is 10.6 Å². The zero-order valence-electron chi connectivity index (χ0n) is 16.2. The Hall–Kier alpha value is -3.00. The van der Waals surface area contributed by atoms with E-state index in [0.717, 1.165) is 58.8 Å². The van der Waals surface area contributed by atoms with Gasteiger partial charge in [0.1, 0.15) is 11.6 Å². The van der Waals surface area contributed by atoms with Crippen LogP contribution in [0.5, 0.6) is 0 Å². The van der Waals surface area contributed by atoms with Gasteiger partial charge in [0.25, 0.3) is 0 Å². The number of piperidine rings is 1. The van der Waals surface area contributed by atoms with Crippen molar-refractivity contribution in [2.75, 3.05) is 23.3 Å². The molecule has 8 heteroatoms. The molecule has 1 unspecified atom stereocenters. The summed E-state index contributed by atoms with van der Waals surface area (Å²) in [5.74, 6) is 0.946. The van der Waals surface area contributed by atoms with Crippen LogP contribution in [-0.2, 0) is 4.79 Å². The molecule has 3 aromatic heterocycles. The largest absolute Gasteiger partial charge is 0.481 e. The van der Waals surface area contributed by atoms with Gasteiger partial charge in [-0.05, 0) is 55.5 Å². The number of aromatic nitrogens is 3. The second-order valence-corrected chi connectivity index (χ2v) is 8.32. The Bertz CT molecular complexity index is 1010. The first-order chi connectivity index (χ1) is 14.1. The summed E-state index contributed by atoms with van der Waals surface area (Å²) in [6, 6.07) is 9.77. The third-order valence-electron chi connectivity index (χ3n) is 4.92. The van der Waals surface area contributed by atoms with E-state index in [1.807, 2.05) is 43.5 Å². The maximum Gasteiger partial charge on any atom is 0.303 e. The highest BCUT2D eigenvalue weighted by Gasteiger charge is 2.24. The summed E-state index contributed by atoms with van der Waals surface area (Å²) >= 11 is 1.59. The molecule has 0 amide bonds. The molecule has 0 aliphatic carbocycles. The molecular formula is C21H23N5O2S. The summed E-state index contributed by atoms with van der Waals surface area (Å²) in [5.41, 5.74) is 1.99. The van der Waals surface area contributed by atoms with Gasteiger partial charge in [0.2, 0.25) is 0 Å². The van der Waals surface area contributed by atoms with E-state index in [4.69, 9.17) is 10.1 Å². The lowest BCUT2D eigenvalue weighted by Crippen LogP contribution is -2.36.